The van der Waals surface area contributed by atoms with Gasteiger partial charge in [-0.2, -0.15) is 5.48 Å². The summed E-state index contributed by atoms with van der Waals surface area (Å²) in [5, 5.41) is 9.04. The smallest absolute Gasteiger partial charge is 0.406 e. The van der Waals surface area contributed by atoms with Crippen molar-refractivity contribution in [2.45, 2.75) is 18.7 Å². The maximum Gasteiger partial charge on any atom is 0.573 e. The molecule has 8 heteroatoms. The highest BCUT2D eigenvalue weighted by Gasteiger charge is 2.36. The van der Waals surface area contributed by atoms with Crippen LogP contribution in [-0.2, 0) is 9.63 Å². The van der Waals surface area contributed by atoms with E-state index in [-0.39, 0.29) is 5.56 Å². The van der Waals surface area contributed by atoms with Gasteiger partial charge in [0.25, 0.3) is 0 Å². The Hall–Kier alpha value is -1.64. The topological polar surface area (TPSA) is 67.8 Å². The van der Waals surface area contributed by atoms with Crippen LogP contribution in [0, 0.1) is 0 Å². The summed E-state index contributed by atoms with van der Waals surface area (Å²) in [6.07, 6.45) is -6.43. The monoisotopic (exact) mass is 263 g/mol. The minimum Gasteiger partial charge on any atom is -0.406 e. The summed E-state index contributed by atoms with van der Waals surface area (Å²) in [5.41, 5.74) is 2.43. The zero-order chi connectivity index (χ0) is 13.3. The van der Waals surface area contributed by atoms with Crippen LogP contribution in [0.5, 0.6) is 5.75 Å². The highest BCUT2D eigenvalue weighted by Crippen LogP contribution is 2.27. The Morgan fingerprint density at radius 1 is 1.39 bits per heavy atom. The minimum absolute atomic E-state index is 0.207. The number of nitrogens with one attached hydrogen (secondary N) is 1. The fourth-order valence-corrected chi connectivity index (χ4v) is 1.51. The average molecular weight is 263 g/mol. The van der Waals surface area contributed by atoms with E-state index in [1.807, 2.05) is 0 Å². The molecule has 0 amide bonds. The van der Waals surface area contributed by atoms with Crippen molar-refractivity contribution in [2.75, 3.05) is 0 Å². The fourth-order valence-electron chi connectivity index (χ4n) is 1.51. The van der Waals surface area contributed by atoms with Gasteiger partial charge in [0, 0.05) is 0 Å². The van der Waals surface area contributed by atoms with Crippen molar-refractivity contribution in [3.8, 4) is 5.75 Å². The Kier molecular flexibility index (Phi) is 3.24. The van der Waals surface area contributed by atoms with Crippen LogP contribution >= 0.6 is 0 Å². The molecule has 0 radical (unpaired) electrons. The number of carbonyl (C=O) groups excluding carboxylic acids is 1. The van der Waals surface area contributed by atoms with Crippen LogP contribution in [0.2, 0.25) is 0 Å². The third kappa shape index (κ3) is 2.78. The lowest BCUT2D eigenvalue weighted by molar-refractivity contribution is -0.274. The summed E-state index contributed by atoms with van der Waals surface area (Å²) in [7, 11) is 0. The molecule has 2 unspecified atom stereocenters. The van der Waals surface area contributed by atoms with Crippen LogP contribution < -0.4 is 10.2 Å². The third-order valence-electron chi connectivity index (χ3n) is 2.25. The summed E-state index contributed by atoms with van der Waals surface area (Å²) in [6, 6.07) is 3.85. The van der Waals surface area contributed by atoms with Gasteiger partial charge in [-0.15, -0.1) is 13.2 Å². The Morgan fingerprint density at radius 3 is 2.67 bits per heavy atom. The van der Waals surface area contributed by atoms with Gasteiger partial charge in [0.05, 0.1) is 0 Å². The molecule has 18 heavy (non-hydrogen) atoms. The normalized spacial score (nSPS) is 24.3. The van der Waals surface area contributed by atoms with Crippen molar-refractivity contribution in [3.63, 3.8) is 0 Å². The van der Waals surface area contributed by atoms with E-state index in [0.29, 0.717) is 0 Å². The quantitative estimate of drug-likeness (QED) is 0.834. The second-order valence-corrected chi connectivity index (χ2v) is 3.54. The van der Waals surface area contributed by atoms with Crippen molar-refractivity contribution in [2.24, 2.45) is 0 Å². The van der Waals surface area contributed by atoms with Crippen LogP contribution in [0.3, 0.4) is 0 Å². The van der Waals surface area contributed by atoms with E-state index in [4.69, 9.17) is 5.11 Å². The molecular formula is C10H8F3NO4. The Balaban J connectivity index is 2.20. The van der Waals surface area contributed by atoms with E-state index >= 15 is 0 Å². The molecular weight excluding hydrogens is 255 g/mol. The highest BCUT2D eigenvalue weighted by molar-refractivity contribution is 5.89. The first-order chi connectivity index (χ1) is 8.37. The number of benzene rings is 1. The summed E-state index contributed by atoms with van der Waals surface area (Å²) in [4.78, 5) is 15.9. The summed E-state index contributed by atoms with van der Waals surface area (Å²) < 4.78 is 39.8. The lowest BCUT2D eigenvalue weighted by atomic mass is 10.0. The van der Waals surface area contributed by atoms with E-state index in [2.05, 4.69) is 15.1 Å². The molecule has 0 aliphatic carbocycles. The molecule has 2 N–H and O–H groups in total. The molecule has 5 nitrogen and oxygen atoms in total. The Bertz CT molecular complexity index is 463. The van der Waals surface area contributed by atoms with Gasteiger partial charge in [-0.1, -0.05) is 12.1 Å². The number of rotatable bonds is 2. The van der Waals surface area contributed by atoms with Crippen LogP contribution in [0.25, 0.3) is 0 Å². The Morgan fingerprint density at radius 2 is 2.11 bits per heavy atom. The van der Waals surface area contributed by atoms with Gasteiger partial charge in [0.2, 0.25) is 12.1 Å². The van der Waals surface area contributed by atoms with Gasteiger partial charge in [-0.3, -0.25) is 9.63 Å². The summed E-state index contributed by atoms with van der Waals surface area (Å²) in [6.45, 7) is 0. The number of aliphatic hydroxyl groups is 1. The number of halogens is 3. The maximum atomic E-state index is 12.0. The van der Waals surface area contributed by atoms with E-state index in [9.17, 15) is 18.0 Å². The van der Waals surface area contributed by atoms with Crippen molar-refractivity contribution >= 4 is 5.78 Å². The molecule has 0 saturated carbocycles. The number of carbonyl (C=O) groups is 1. The lowest BCUT2D eigenvalue weighted by Gasteiger charge is -2.12. The molecule has 2 atom stereocenters. The van der Waals surface area contributed by atoms with E-state index in [1.165, 1.54) is 12.1 Å². The number of aliphatic hydroxyl groups excluding tert-OH is 1. The number of ketones is 1. The Labute approximate surface area is 99.1 Å². The van der Waals surface area contributed by atoms with Gasteiger partial charge in [0.1, 0.15) is 11.8 Å². The first kappa shape index (κ1) is 12.8. The second-order valence-electron chi connectivity index (χ2n) is 3.54. The van der Waals surface area contributed by atoms with E-state index in [0.717, 1.165) is 12.1 Å². The molecule has 1 fully saturated rings. The number of Topliss-reactive ketones (excluding diaryl/α,β-unsaturated/α-hetero) is 1. The van der Waals surface area contributed by atoms with Crippen molar-refractivity contribution in [1.82, 2.24) is 5.48 Å². The molecule has 1 aromatic rings. The van der Waals surface area contributed by atoms with Crippen molar-refractivity contribution < 1.29 is 32.6 Å². The number of ether oxygens (including phenoxy) is 1. The second kappa shape index (κ2) is 4.56. The standard InChI is InChI=1S/C10H8F3NO4/c11-10(12,13)17-6-3-1-2-5(4-6)7-8(15)9(16)18-14-7/h1-4,7,9,14,16H. The number of hydroxylamine groups is 1. The third-order valence-corrected chi connectivity index (χ3v) is 2.25. The predicted octanol–water partition coefficient (Wildman–Crippen LogP) is 1.05. The zero-order valence-electron chi connectivity index (χ0n) is 8.77. The largest absolute Gasteiger partial charge is 0.573 e. The minimum atomic E-state index is -4.80. The van der Waals surface area contributed by atoms with Gasteiger partial charge in [0.15, 0.2) is 0 Å². The SMILES string of the molecule is O=C1C(O)ONC1c1cccc(OC(F)(F)F)c1. The summed E-state index contributed by atoms with van der Waals surface area (Å²) in [5.74, 6) is -1.13. The number of hydrogen-bond acceptors (Lipinski definition) is 5. The summed E-state index contributed by atoms with van der Waals surface area (Å²) >= 11 is 0. The molecule has 1 saturated heterocycles. The molecule has 98 valence electrons. The van der Waals surface area contributed by atoms with Gasteiger partial charge in [-0.05, 0) is 17.7 Å². The molecule has 2 rings (SSSR count). The van der Waals surface area contributed by atoms with Crippen LogP contribution in [0.4, 0.5) is 13.2 Å². The first-order valence-electron chi connectivity index (χ1n) is 4.85. The molecule has 1 heterocycles. The van der Waals surface area contributed by atoms with E-state index < -0.39 is 30.2 Å². The molecule has 1 aliphatic heterocycles. The van der Waals surface area contributed by atoms with Crippen LogP contribution in [0.15, 0.2) is 24.3 Å². The van der Waals surface area contributed by atoms with Crippen molar-refractivity contribution in [1.29, 1.82) is 0 Å². The molecule has 0 bridgehead atoms. The highest BCUT2D eigenvalue weighted by atomic mass is 19.4. The number of hydrogen-bond donors (Lipinski definition) is 2. The van der Waals surface area contributed by atoms with Gasteiger partial charge < -0.3 is 9.84 Å². The molecule has 0 spiro atoms. The average Bonchev–Trinajstić information content (AvgIpc) is 2.58. The first-order valence-corrected chi connectivity index (χ1v) is 4.85. The fraction of sp³-hybridized carbons (Fsp3) is 0.300. The lowest BCUT2D eigenvalue weighted by Crippen LogP contribution is -2.20. The van der Waals surface area contributed by atoms with Gasteiger partial charge >= 0.3 is 6.36 Å². The predicted molar refractivity (Wildman–Crippen MR) is 51.1 cm³/mol. The molecule has 1 aliphatic rings. The van der Waals surface area contributed by atoms with Crippen LogP contribution in [0.1, 0.15) is 11.6 Å². The number of alkyl halides is 3. The van der Waals surface area contributed by atoms with Crippen molar-refractivity contribution in [3.05, 3.63) is 29.8 Å². The maximum absolute atomic E-state index is 12.0. The van der Waals surface area contributed by atoms with Crippen LogP contribution in [-0.4, -0.2) is 23.5 Å². The molecule has 1 aromatic carbocycles. The molecule has 0 aromatic heterocycles. The van der Waals surface area contributed by atoms with Gasteiger partial charge in [-0.25, -0.2) is 0 Å². The van der Waals surface area contributed by atoms with E-state index in [1.54, 1.807) is 0 Å². The zero-order valence-corrected chi connectivity index (χ0v) is 8.77.